The third-order valence-corrected chi connectivity index (χ3v) is 3.94. The normalized spacial score (nSPS) is 9.85. The Hall–Kier alpha value is -1.68. The van der Waals surface area contributed by atoms with Gasteiger partial charge in [-0.25, -0.2) is 4.98 Å². The quantitative estimate of drug-likeness (QED) is 0.830. The van der Waals surface area contributed by atoms with Crippen molar-refractivity contribution in [3.05, 3.63) is 38.5 Å². The van der Waals surface area contributed by atoms with E-state index in [9.17, 15) is 4.79 Å². The minimum Gasteiger partial charge on any atom is -0.395 e. The van der Waals surface area contributed by atoms with Crippen molar-refractivity contribution in [2.45, 2.75) is 12.8 Å². The molecule has 0 aliphatic carbocycles. The molecule has 2 rings (SSSR count). The number of carbonyl (C=O) groups is 1. The van der Waals surface area contributed by atoms with E-state index in [1.807, 2.05) is 5.38 Å². The fraction of sp³-hybridized carbons (Fsp3) is 0.286. The molecule has 0 aliphatic heterocycles. The molecule has 0 aromatic carbocycles. The lowest BCUT2D eigenvalue weighted by Gasteiger charge is -2.01. The monoisotopic (exact) mass is 306 g/mol. The number of carbonyl (C=O) groups excluding carboxylic acids is 1. The molecule has 2 N–H and O–H groups in total. The van der Waals surface area contributed by atoms with Gasteiger partial charge in [-0.15, -0.1) is 22.7 Å². The molecule has 0 saturated heterocycles. The highest BCUT2D eigenvalue weighted by atomic mass is 32.1. The number of aromatic nitrogens is 1. The number of hydrogen-bond donors (Lipinski definition) is 2. The van der Waals surface area contributed by atoms with Crippen LogP contribution in [0.15, 0.2) is 22.3 Å². The predicted molar refractivity (Wildman–Crippen MR) is 81.1 cm³/mol. The minimum atomic E-state index is -0.0910. The van der Waals surface area contributed by atoms with Gasteiger partial charge in [-0.1, -0.05) is 11.8 Å². The fourth-order valence-corrected chi connectivity index (χ4v) is 2.84. The lowest BCUT2D eigenvalue weighted by Crippen LogP contribution is -2.25. The highest BCUT2D eigenvalue weighted by Gasteiger charge is 2.07. The van der Waals surface area contributed by atoms with Crippen molar-refractivity contribution in [3.63, 3.8) is 0 Å². The van der Waals surface area contributed by atoms with Crippen LogP contribution in [0.4, 0.5) is 0 Å². The number of aliphatic hydroxyl groups excluding tert-OH is 1. The lowest BCUT2D eigenvalue weighted by atomic mass is 10.2. The second kappa shape index (κ2) is 7.80. The van der Waals surface area contributed by atoms with Crippen molar-refractivity contribution in [2.24, 2.45) is 0 Å². The standard InChI is InChI=1S/C14H14N2O2S2/c17-6-2-1-3-13-7-11(8-20-13)14(18)15-5-4-12-9-19-10-16-12/h7-10,17H,2,4-6H2,(H,15,18). The number of nitrogens with zero attached hydrogens (tertiary/aromatic N) is 1. The number of hydrogen-bond acceptors (Lipinski definition) is 5. The van der Waals surface area contributed by atoms with E-state index in [2.05, 4.69) is 22.1 Å². The number of thiophene rings is 1. The van der Waals surface area contributed by atoms with Crippen LogP contribution in [0.1, 0.15) is 27.3 Å². The highest BCUT2D eigenvalue weighted by molar-refractivity contribution is 7.10. The molecule has 1 amide bonds. The third kappa shape index (κ3) is 4.46. The molecule has 0 saturated carbocycles. The Morgan fingerprint density at radius 1 is 1.45 bits per heavy atom. The van der Waals surface area contributed by atoms with Crippen LogP contribution in [0.3, 0.4) is 0 Å². The van der Waals surface area contributed by atoms with Crippen molar-refractivity contribution < 1.29 is 9.90 Å². The van der Waals surface area contributed by atoms with Gasteiger partial charge in [0.05, 0.1) is 28.3 Å². The maximum absolute atomic E-state index is 11.9. The summed E-state index contributed by atoms with van der Waals surface area (Å²) in [5.74, 6) is 5.67. The molecule has 0 radical (unpaired) electrons. The number of nitrogens with one attached hydrogen (secondary N) is 1. The first kappa shape index (κ1) is 14.7. The maximum atomic E-state index is 11.9. The molecule has 104 valence electrons. The Bertz CT molecular complexity index is 609. The molecule has 0 atom stereocenters. The van der Waals surface area contributed by atoms with Gasteiger partial charge in [-0.2, -0.15) is 0 Å². The predicted octanol–water partition coefficient (Wildman–Crippen LogP) is 1.91. The molecule has 0 bridgehead atoms. The summed E-state index contributed by atoms with van der Waals surface area (Å²) in [5.41, 5.74) is 3.41. The summed E-state index contributed by atoms with van der Waals surface area (Å²) in [6.07, 6.45) is 1.19. The van der Waals surface area contributed by atoms with Gasteiger partial charge in [-0.3, -0.25) is 4.79 Å². The van der Waals surface area contributed by atoms with E-state index in [1.165, 1.54) is 11.3 Å². The molecule has 0 unspecified atom stereocenters. The Balaban J connectivity index is 1.82. The van der Waals surface area contributed by atoms with Gasteiger partial charge in [0.2, 0.25) is 0 Å². The van der Waals surface area contributed by atoms with Gasteiger partial charge in [0.1, 0.15) is 0 Å². The number of aliphatic hydroxyl groups is 1. The van der Waals surface area contributed by atoms with Crippen LogP contribution in [0.25, 0.3) is 0 Å². The van der Waals surface area contributed by atoms with Crippen LogP contribution in [0.5, 0.6) is 0 Å². The van der Waals surface area contributed by atoms with E-state index in [0.717, 1.165) is 17.0 Å². The summed E-state index contributed by atoms with van der Waals surface area (Å²) < 4.78 is 0. The summed E-state index contributed by atoms with van der Waals surface area (Å²) >= 11 is 2.99. The van der Waals surface area contributed by atoms with E-state index in [-0.39, 0.29) is 12.5 Å². The zero-order valence-electron chi connectivity index (χ0n) is 10.8. The SMILES string of the molecule is O=C(NCCc1cscn1)c1csc(C#CCCO)c1. The van der Waals surface area contributed by atoms with Gasteiger partial charge >= 0.3 is 0 Å². The molecule has 20 heavy (non-hydrogen) atoms. The van der Waals surface area contributed by atoms with Crippen LogP contribution in [0.2, 0.25) is 0 Å². The zero-order valence-corrected chi connectivity index (χ0v) is 12.4. The van der Waals surface area contributed by atoms with Crippen molar-refractivity contribution in [3.8, 4) is 11.8 Å². The fourth-order valence-electron chi connectivity index (χ4n) is 1.49. The maximum Gasteiger partial charge on any atom is 0.252 e. The Labute approximate surface area is 125 Å². The van der Waals surface area contributed by atoms with Gasteiger partial charge in [-0.05, 0) is 6.07 Å². The summed E-state index contributed by atoms with van der Waals surface area (Å²) in [4.78, 5) is 16.9. The molecular weight excluding hydrogens is 292 g/mol. The van der Waals surface area contributed by atoms with E-state index in [4.69, 9.17) is 5.11 Å². The average Bonchev–Trinajstić information content (AvgIpc) is 3.10. The largest absolute Gasteiger partial charge is 0.395 e. The van der Waals surface area contributed by atoms with Gasteiger partial charge in [0, 0.05) is 30.1 Å². The summed E-state index contributed by atoms with van der Waals surface area (Å²) in [7, 11) is 0. The highest BCUT2D eigenvalue weighted by Crippen LogP contribution is 2.13. The molecule has 2 aromatic heterocycles. The average molecular weight is 306 g/mol. The van der Waals surface area contributed by atoms with Crippen molar-refractivity contribution >= 4 is 28.6 Å². The van der Waals surface area contributed by atoms with Crippen LogP contribution in [0, 0.1) is 11.8 Å². The minimum absolute atomic E-state index is 0.0579. The molecule has 6 heteroatoms. The summed E-state index contributed by atoms with van der Waals surface area (Å²) in [6.45, 7) is 0.631. The smallest absolute Gasteiger partial charge is 0.252 e. The van der Waals surface area contributed by atoms with Crippen molar-refractivity contribution in [1.29, 1.82) is 0 Å². The number of rotatable bonds is 5. The van der Waals surface area contributed by atoms with Crippen LogP contribution in [-0.4, -0.2) is 29.1 Å². The molecule has 0 spiro atoms. The molecule has 0 aliphatic rings. The molecular formula is C14H14N2O2S2. The van der Waals surface area contributed by atoms with Crippen molar-refractivity contribution in [2.75, 3.05) is 13.2 Å². The Morgan fingerprint density at radius 3 is 3.10 bits per heavy atom. The first-order valence-electron chi connectivity index (χ1n) is 6.13. The van der Waals surface area contributed by atoms with E-state index in [0.29, 0.717) is 18.5 Å². The van der Waals surface area contributed by atoms with Gasteiger partial charge in [0.15, 0.2) is 0 Å². The first-order chi connectivity index (χ1) is 9.79. The topological polar surface area (TPSA) is 62.2 Å². The van der Waals surface area contributed by atoms with E-state index < -0.39 is 0 Å². The van der Waals surface area contributed by atoms with Crippen LogP contribution >= 0.6 is 22.7 Å². The van der Waals surface area contributed by atoms with Crippen LogP contribution in [-0.2, 0) is 6.42 Å². The second-order valence-electron chi connectivity index (χ2n) is 3.96. The molecule has 2 aromatic rings. The molecule has 4 nitrogen and oxygen atoms in total. The third-order valence-electron chi connectivity index (χ3n) is 2.46. The van der Waals surface area contributed by atoms with Gasteiger partial charge in [0.25, 0.3) is 5.91 Å². The van der Waals surface area contributed by atoms with E-state index >= 15 is 0 Å². The number of amides is 1. The summed E-state index contributed by atoms with van der Waals surface area (Å²) in [5, 5.41) is 15.3. The van der Waals surface area contributed by atoms with E-state index in [1.54, 1.807) is 28.3 Å². The van der Waals surface area contributed by atoms with Gasteiger partial charge < -0.3 is 10.4 Å². The van der Waals surface area contributed by atoms with Crippen LogP contribution < -0.4 is 5.32 Å². The Kier molecular flexibility index (Phi) is 5.74. The second-order valence-corrected chi connectivity index (χ2v) is 5.59. The molecule has 2 heterocycles. The zero-order chi connectivity index (χ0) is 14.2. The summed E-state index contributed by atoms with van der Waals surface area (Å²) in [6, 6.07) is 1.77. The van der Waals surface area contributed by atoms with Crippen molar-refractivity contribution in [1.82, 2.24) is 10.3 Å². The Morgan fingerprint density at radius 2 is 2.35 bits per heavy atom. The number of thiazole rings is 1. The lowest BCUT2D eigenvalue weighted by molar-refractivity contribution is 0.0954. The first-order valence-corrected chi connectivity index (χ1v) is 7.95. The molecule has 0 fully saturated rings.